The van der Waals surface area contributed by atoms with Gasteiger partial charge in [-0.2, -0.15) is 0 Å². The van der Waals surface area contributed by atoms with Crippen LogP contribution in [-0.2, 0) is 12.8 Å². The highest BCUT2D eigenvalue weighted by molar-refractivity contribution is 14.0. The Morgan fingerprint density at radius 1 is 1.44 bits per heavy atom. The van der Waals surface area contributed by atoms with Crippen LogP contribution in [0.15, 0.2) is 4.99 Å². The van der Waals surface area contributed by atoms with Crippen molar-refractivity contribution in [2.75, 3.05) is 13.1 Å². The van der Waals surface area contributed by atoms with Crippen LogP contribution in [0.5, 0.6) is 0 Å². The standard InChI is InChI=1S/C12H22N4S.HI/c1-4-7-14-12(13)15-8-6-11-16-10(5-2)9(3)17-11;/h4-8H2,1-3H3,(H3,13,14,15);1H. The van der Waals surface area contributed by atoms with E-state index in [9.17, 15) is 0 Å². The Balaban J connectivity index is 0.00000289. The van der Waals surface area contributed by atoms with Crippen molar-refractivity contribution in [1.29, 1.82) is 0 Å². The van der Waals surface area contributed by atoms with Crippen LogP contribution in [0.25, 0.3) is 0 Å². The smallest absolute Gasteiger partial charge is 0.188 e. The molecule has 0 bridgehead atoms. The molecule has 1 heterocycles. The third-order valence-electron chi connectivity index (χ3n) is 2.42. The largest absolute Gasteiger partial charge is 0.370 e. The van der Waals surface area contributed by atoms with E-state index in [0.717, 1.165) is 32.4 Å². The van der Waals surface area contributed by atoms with E-state index in [1.54, 1.807) is 11.3 Å². The lowest BCUT2D eigenvalue weighted by Crippen LogP contribution is -2.33. The normalized spacial score (nSPS) is 11.2. The SMILES string of the molecule is CCCN=C(N)NCCc1nc(CC)c(C)s1.I. The Kier molecular flexibility index (Phi) is 9.35. The number of halogens is 1. The number of aromatic nitrogens is 1. The molecule has 0 fully saturated rings. The molecule has 3 N–H and O–H groups in total. The molecule has 0 atom stereocenters. The highest BCUT2D eigenvalue weighted by Gasteiger charge is 2.05. The Morgan fingerprint density at radius 3 is 2.72 bits per heavy atom. The van der Waals surface area contributed by atoms with Crippen molar-refractivity contribution in [3.63, 3.8) is 0 Å². The summed E-state index contributed by atoms with van der Waals surface area (Å²) in [4.78, 5) is 10.1. The molecule has 104 valence electrons. The van der Waals surface area contributed by atoms with Crippen molar-refractivity contribution < 1.29 is 0 Å². The number of nitrogens with one attached hydrogen (secondary N) is 1. The maximum absolute atomic E-state index is 5.71. The summed E-state index contributed by atoms with van der Waals surface area (Å²) in [6.07, 6.45) is 2.94. The molecule has 1 aromatic rings. The molecular formula is C12H23IN4S. The molecule has 0 saturated heterocycles. The van der Waals surface area contributed by atoms with E-state index in [4.69, 9.17) is 5.73 Å². The summed E-state index contributed by atoms with van der Waals surface area (Å²) in [5.41, 5.74) is 6.93. The predicted molar refractivity (Wildman–Crippen MR) is 90.1 cm³/mol. The molecule has 0 aromatic carbocycles. The van der Waals surface area contributed by atoms with Crippen LogP contribution in [0.1, 0.15) is 35.8 Å². The van der Waals surface area contributed by atoms with Gasteiger partial charge in [-0.25, -0.2) is 4.98 Å². The average molecular weight is 382 g/mol. The second kappa shape index (κ2) is 9.55. The Bertz CT molecular complexity index is 376. The zero-order chi connectivity index (χ0) is 12.7. The van der Waals surface area contributed by atoms with Gasteiger partial charge in [-0.3, -0.25) is 4.99 Å². The molecule has 1 rings (SSSR count). The fraction of sp³-hybridized carbons (Fsp3) is 0.667. The van der Waals surface area contributed by atoms with Gasteiger partial charge in [0.05, 0.1) is 10.7 Å². The monoisotopic (exact) mass is 382 g/mol. The van der Waals surface area contributed by atoms with Gasteiger partial charge in [0, 0.05) is 24.4 Å². The van der Waals surface area contributed by atoms with Crippen molar-refractivity contribution in [2.45, 2.75) is 40.0 Å². The number of rotatable bonds is 6. The Morgan fingerprint density at radius 2 is 2.17 bits per heavy atom. The van der Waals surface area contributed by atoms with E-state index in [1.807, 2.05) is 0 Å². The minimum absolute atomic E-state index is 0. The van der Waals surface area contributed by atoms with Gasteiger partial charge in [-0.15, -0.1) is 35.3 Å². The van der Waals surface area contributed by atoms with E-state index in [1.165, 1.54) is 15.6 Å². The predicted octanol–water partition coefficient (Wildman–Crippen LogP) is 2.49. The molecule has 0 amide bonds. The second-order valence-corrected chi connectivity index (χ2v) is 5.20. The number of nitrogens with two attached hydrogens (primary N) is 1. The van der Waals surface area contributed by atoms with Gasteiger partial charge in [0.25, 0.3) is 0 Å². The van der Waals surface area contributed by atoms with Crippen molar-refractivity contribution in [1.82, 2.24) is 10.3 Å². The zero-order valence-corrected chi connectivity index (χ0v) is 14.5. The van der Waals surface area contributed by atoms with Crippen LogP contribution in [0.3, 0.4) is 0 Å². The minimum Gasteiger partial charge on any atom is -0.370 e. The van der Waals surface area contributed by atoms with Crippen molar-refractivity contribution in [2.24, 2.45) is 10.7 Å². The van der Waals surface area contributed by atoms with Gasteiger partial charge in [-0.1, -0.05) is 13.8 Å². The zero-order valence-electron chi connectivity index (χ0n) is 11.3. The number of guanidine groups is 1. The highest BCUT2D eigenvalue weighted by atomic mass is 127. The summed E-state index contributed by atoms with van der Waals surface area (Å²) < 4.78 is 0. The van der Waals surface area contributed by atoms with E-state index in [0.29, 0.717) is 5.96 Å². The molecule has 18 heavy (non-hydrogen) atoms. The van der Waals surface area contributed by atoms with Crippen molar-refractivity contribution in [3.05, 3.63) is 15.6 Å². The topological polar surface area (TPSA) is 63.3 Å². The molecule has 4 nitrogen and oxygen atoms in total. The number of aryl methyl sites for hydroxylation is 2. The van der Waals surface area contributed by atoms with Gasteiger partial charge in [-0.05, 0) is 19.8 Å². The van der Waals surface area contributed by atoms with E-state index in [2.05, 4.69) is 36.1 Å². The van der Waals surface area contributed by atoms with Crippen LogP contribution >= 0.6 is 35.3 Å². The summed E-state index contributed by atoms with van der Waals surface area (Å²) >= 11 is 1.78. The first-order chi connectivity index (χ1) is 8.17. The first-order valence-corrected chi connectivity index (χ1v) is 6.98. The van der Waals surface area contributed by atoms with E-state index >= 15 is 0 Å². The lowest BCUT2D eigenvalue weighted by Gasteiger charge is -2.03. The van der Waals surface area contributed by atoms with Crippen LogP contribution in [-0.4, -0.2) is 24.0 Å². The fourth-order valence-corrected chi connectivity index (χ4v) is 2.53. The summed E-state index contributed by atoms with van der Waals surface area (Å²) in [6.45, 7) is 7.94. The van der Waals surface area contributed by atoms with Gasteiger partial charge in [0.15, 0.2) is 5.96 Å². The number of hydrogen-bond donors (Lipinski definition) is 2. The minimum atomic E-state index is 0. The first kappa shape index (κ1) is 17.6. The molecule has 0 aliphatic rings. The fourth-order valence-electron chi connectivity index (χ4n) is 1.51. The molecule has 0 radical (unpaired) electrons. The lowest BCUT2D eigenvalue weighted by molar-refractivity contribution is 0.829. The van der Waals surface area contributed by atoms with E-state index in [-0.39, 0.29) is 24.0 Å². The number of hydrogen-bond acceptors (Lipinski definition) is 3. The first-order valence-electron chi connectivity index (χ1n) is 6.16. The summed E-state index contributed by atoms with van der Waals surface area (Å²) in [6, 6.07) is 0. The van der Waals surface area contributed by atoms with Gasteiger partial charge >= 0.3 is 0 Å². The molecule has 0 unspecified atom stereocenters. The lowest BCUT2D eigenvalue weighted by atomic mass is 10.3. The van der Waals surface area contributed by atoms with Crippen LogP contribution < -0.4 is 11.1 Å². The molecule has 0 aliphatic heterocycles. The summed E-state index contributed by atoms with van der Waals surface area (Å²) in [5, 5.41) is 4.28. The maximum Gasteiger partial charge on any atom is 0.188 e. The molecule has 6 heteroatoms. The molecule has 0 saturated carbocycles. The number of aliphatic imine (C=N–C) groups is 1. The highest BCUT2D eigenvalue weighted by Crippen LogP contribution is 2.17. The molecular weight excluding hydrogens is 359 g/mol. The Hall–Kier alpha value is -0.370. The average Bonchev–Trinajstić information content (AvgIpc) is 2.67. The maximum atomic E-state index is 5.71. The van der Waals surface area contributed by atoms with E-state index < -0.39 is 0 Å². The quantitative estimate of drug-likeness (QED) is 0.452. The molecule has 0 aliphatic carbocycles. The van der Waals surface area contributed by atoms with Gasteiger partial charge < -0.3 is 11.1 Å². The summed E-state index contributed by atoms with van der Waals surface area (Å²) in [7, 11) is 0. The van der Waals surface area contributed by atoms with Gasteiger partial charge in [0.2, 0.25) is 0 Å². The summed E-state index contributed by atoms with van der Waals surface area (Å²) in [5.74, 6) is 0.538. The van der Waals surface area contributed by atoms with Gasteiger partial charge in [0.1, 0.15) is 0 Å². The molecule has 0 spiro atoms. The number of nitrogens with zero attached hydrogens (tertiary/aromatic N) is 2. The van der Waals surface area contributed by atoms with Crippen LogP contribution in [0.4, 0.5) is 0 Å². The third kappa shape index (κ3) is 5.99. The number of thiazole rings is 1. The van der Waals surface area contributed by atoms with Crippen LogP contribution in [0.2, 0.25) is 0 Å². The third-order valence-corrected chi connectivity index (χ3v) is 3.50. The Labute approximate surface area is 131 Å². The molecule has 1 aromatic heterocycles. The van der Waals surface area contributed by atoms with Crippen molar-refractivity contribution >= 4 is 41.3 Å². The van der Waals surface area contributed by atoms with Crippen LogP contribution in [0, 0.1) is 6.92 Å². The van der Waals surface area contributed by atoms with Crippen molar-refractivity contribution in [3.8, 4) is 0 Å². The second-order valence-electron chi connectivity index (χ2n) is 3.91.